The predicted octanol–water partition coefficient (Wildman–Crippen LogP) is 3.00. The lowest BCUT2D eigenvalue weighted by molar-refractivity contribution is 0.180. The SMILES string of the molecule is Fc1ccc(OCC2CCC2)cc1. The lowest BCUT2D eigenvalue weighted by Crippen LogP contribution is -2.19. The Morgan fingerprint density at radius 3 is 2.46 bits per heavy atom. The molecular weight excluding hydrogens is 167 g/mol. The predicted molar refractivity (Wildman–Crippen MR) is 49.2 cm³/mol. The van der Waals surface area contributed by atoms with Gasteiger partial charge < -0.3 is 4.74 Å². The maximum atomic E-state index is 12.5. The van der Waals surface area contributed by atoms with Gasteiger partial charge >= 0.3 is 0 Å². The largest absolute Gasteiger partial charge is 0.493 e. The molecule has 0 saturated heterocycles. The van der Waals surface area contributed by atoms with Crippen LogP contribution in [0.4, 0.5) is 4.39 Å². The van der Waals surface area contributed by atoms with Crippen LogP contribution in [0.3, 0.4) is 0 Å². The second-order valence-electron chi connectivity index (χ2n) is 3.56. The number of benzene rings is 1. The standard InChI is InChI=1S/C11H13FO/c12-10-4-6-11(7-5-10)13-8-9-2-1-3-9/h4-7,9H,1-3,8H2. The van der Waals surface area contributed by atoms with Gasteiger partial charge in [-0.2, -0.15) is 0 Å². The highest BCUT2D eigenvalue weighted by atomic mass is 19.1. The van der Waals surface area contributed by atoms with E-state index in [1.807, 2.05) is 0 Å². The highest BCUT2D eigenvalue weighted by molar-refractivity contribution is 5.22. The minimum Gasteiger partial charge on any atom is -0.493 e. The van der Waals surface area contributed by atoms with Gasteiger partial charge in [0.1, 0.15) is 11.6 Å². The molecule has 2 heteroatoms. The van der Waals surface area contributed by atoms with Crippen LogP contribution >= 0.6 is 0 Å². The van der Waals surface area contributed by atoms with Crippen molar-refractivity contribution in [1.82, 2.24) is 0 Å². The lowest BCUT2D eigenvalue weighted by atomic mass is 9.86. The van der Waals surface area contributed by atoms with Crippen molar-refractivity contribution in [3.63, 3.8) is 0 Å². The van der Waals surface area contributed by atoms with Gasteiger partial charge in [0.2, 0.25) is 0 Å². The van der Waals surface area contributed by atoms with Crippen molar-refractivity contribution in [3.8, 4) is 5.75 Å². The average molecular weight is 180 g/mol. The van der Waals surface area contributed by atoms with Gasteiger partial charge in [0.05, 0.1) is 6.61 Å². The first kappa shape index (κ1) is 8.54. The van der Waals surface area contributed by atoms with Crippen molar-refractivity contribution >= 4 is 0 Å². The molecule has 0 bridgehead atoms. The minimum atomic E-state index is -0.212. The molecule has 1 fully saturated rings. The van der Waals surface area contributed by atoms with Gasteiger partial charge in [-0.15, -0.1) is 0 Å². The van der Waals surface area contributed by atoms with Crippen LogP contribution < -0.4 is 4.74 Å². The fourth-order valence-corrected chi connectivity index (χ4v) is 1.40. The topological polar surface area (TPSA) is 9.23 Å². The molecule has 0 atom stereocenters. The number of hydrogen-bond acceptors (Lipinski definition) is 1. The zero-order chi connectivity index (χ0) is 9.10. The van der Waals surface area contributed by atoms with E-state index >= 15 is 0 Å². The first-order valence-electron chi connectivity index (χ1n) is 4.73. The van der Waals surface area contributed by atoms with Crippen molar-refractivity contribution in [2.75, 3.05) is 6.61 Å². The Hall–Kier alpha value is -1.05. The molecule has 2 rings (SSSR count). The van der Waals surface area contributed by atoms with Crippen LogP contribution in [0.15, 0.2) is 24.3 Å². The maximum absolute atomic E-state index is 12.5. The summed E-state index contributed by atoms with van der Waals surface area (Å²) in [6.45, 7) is 0.783. The molecule has 13 heavy (non-hydrogen) atoms. The molecule has 1 nitrogen and oxygen atoms in total. The molecule has 1 aromatic carbocycles. The summed E-state index contributed by atoms with van der Waals surface area (Å²) < 4.78 is 18.0. The molecule has 0 aliphatic heterocycles. The van der Waals surface area contributed by atoms with Crippen LogP contribution in [0.2, 0.25) is 0 Å². The molecule has 0 aromatic heterocycles. The van der Waals surface area contributed by atoms with Gasteiger partial charge in [-0.1, -0.05) is 6.42 Å². The van der Waals surface area contributed by atoms with Crippen molar-refractivity contribution in [3.05, 3.63) is 30.1 Å². The quantitative estimate of drug-likeness (QED) is 0.694. The van der Waals surface area contributed by atoms with Crippen molar-refractivity contribution < 1.29 is 9.13 Å². The smallest absolute Gasteiger partial charge is 0.123 e. The van der Waals surface area contributed by atoms with Crippen LogP contribution in [0, 0.1) is 11.7 Å². The number of hydrogen-bond donors (Lipinski definition) is 0. The van der Waals surface area contributed by atoms with Crippen molar-refractivity contribution in [2.45, 2.75) is 19.3 Å². The second kappa shape index (κ2) is 3.77. The molecular formula is C11H13FO. The summed E-state index contributed by atoms with van der Waals surface area (Å²) >= 11 is 0. The molecule has 0 heterocycles. The number of halogens is 1. The summed E-state index contributed by atoms with van der Waals surface area (Å²) in [5.74, 6) is 1.29. The Morgan fingerprint density at radius 2 is 1.92 bits per heavy atom. The van der Waals surface area contributed by atoms with Crippen LogP contribution in [0.1, 0.15) is 19.3 Å². The van der Waals surface area contributed by atoms with Gasteiger partial charge in [0, 0.05) is 0 Å². The van der Waals surface area contributed by atoms with E-state index in [0.717, 1.165) is 18.3 Å². The maximum Gasteiger partial charge on any atom is 0.123 e. The van der Waals surface area contributed by atoms with E-state index < -0.39 is 0 Å². The number of ether oxygens (including phenoxy) is 1. The molecule has 1 saturated carbocycles. The van der Waals surface area contributed by atoms with Crippen molar-refractivity contribution in [2.24, 2.45) is 5.92 Å². The molecule has 0 amide bonds. The first-order chi connectivity index (χ1) is 6.34. The molecule has 0 unspecified atom stereocenters. The molecule has 0 N–H and O–H groups in total. The van der Waals surface area contributed by atoms with E-state index in [1.54, 1.807) is 12.1 Å². The summed E-state index contributed by atoms with van der Waals surface area (Å²) in [5, 5.41) is 0. The van der Waals surface area contributed by atoms with Crippen LogP contribution in [0.5, 0.6) is 5.75 Å². The highest BCUT2D eigenvalue weighted by Gasteiger charge is 2.17. The summed E-state index contributed by atoms with van der Waals surface area (Å²) in [6.07, 6.45) is 3.89. The van der Waals surface area contributed by atoms with Gasteiger partial charge in [-0.05, 0) is 43.0 Å². The van der Waals surface area contributed by atoms with E-state index in [4.69, 9.17) is 4.74 Å². The zero-order valence-electron chi connectivity index (χ0n) is 7.50. The van der Waals surface area contributed by atoms with Gasteiger partial charge in [-0.3, -0.25) is 0 Å². The molecule has 1 aromatic rings. The lowest BCUT2D eigenvalue weighted by Gasteiger charge is -2.25. The molecule has 0 spiro atoms. The van der Waals surface area contributed by atoms with Crippen LogP contribution in [0.25, 0.3) is 0 Å². The Morgan fingerprint density at radius 1 is 1.23 bits per heavy atom. The Labute approximate surface area is 77.5 Å². The van der Waals surface area contributed by atoms with E-state index in [2.05, 4.69) is 0 Å². The molecule has 1 aliphatic rings. The first-order valence-corrected chi connectivity index (χ1v) is 4.73. The summed E-state index contributed by atoms with van der Waals surface area (Å²) in [7, 11) is 0. The van der Waals surface area contributed by atoms with E-state index in [1.165, 1.54) is 31.4 Å². The fraction of sp³-hybridized carbons (Fsp3) is 0.455. The Balaban J connectivity index is 1.83. The fourth-order valence-electron chi connectivity index (χ4n) is 1.40. The van der Waals surface area contributed by atoms with Gasteiger partial charge in [0.25, 0.3) is 0 Å². The minimum absolute atomic E-state index is 0.212. The van der Waals surface area contributed by atoms with Crippen LogP contribution in [-0.4, -0.2) is 6.61 Å². The van der Waals surface area contributed by atoms with Crippen molar-refractivity contribution in [1.29, 1.82) is 0 Å². The van der Waals surface area contributed by atoms with Gasteiger partial charge in [0.15, 0.2) is 0 Å². The van der Waals surface area contributed by atoms with Gasteiger partial charge in [-0.25, -0.2) is 4.39 Å². The zero-order valence-corrected chi connectivity index (χ0v) is 7.50. The number of rotatable bonds is 3. The summed E-state index contributed by atoms with van der Waals surface area (Å²) in [6, 6.07) is 6.20. The highest BCUT2D eigenvalue weighted by Crippen LogP contribution is 2.27. The molecule has 0 radical (unpaired) electrons. The monoisotopic (exact) mass is 180 g/mol. The Kier molecular flexibility index (Phi) is 2.48. The second-order valence-corrected chi connectivity index (χ2v) is 3.56. The summed E-state index contributed by atoms with van der Waals surface area (Å²) in [4.78, 5) is 0. The molecule has 70 valence electrons. The Bertz CT molecular complexity index is 264. The van der Waals surface area contributed by atoms with E-state index in [9.17, 15) is 4.39 Å². The average Bonchev–Trinajstić information content (AvgIpc) is 2.05. The summed E-state index contributed by atoms with van der Waals surface area (Å²) in [5.41, 5.74) is 0. The third-order valence-electron chi connectivity index (χ3n) is 2.52. The van der Waals surface area contributed by atoms with Crippen LogP contribution in [-0.2, 0) is 0 Å². The molecule has 1 aliphatic carbocycles. The van der Waals surface area contributed by atoms with E-state index in [0.29, 0.717) is 0 Å². The normalized spacial score (nSPS) is 16.7. The third-order valence-corrected chi connectivity index (χ3v) is 2.52. The third kappa shape index (κ3) is 2.20. The van der Waals surface area contributed by atoms with E-state index in [-0.39, 0.29) is 5.82 Å².